The van der Waals surface area contributed by atoms with Gasteiger partial charge in [0.1, 0.15) is 6.23 Å². The Bertz CT molecular complexity index is 366. The fourth-order valence-corrected chi connectivity index (χ4v) is 1.78. The predicted octanol–water partition coefficient (Wildman–Crippen LogP) is 1.69. The van der Waals surface area contributed by atoms with Crippen LogP contribution in [0.1, 0.15) is 6.42 Å². The molecule has 1 heterocycles. The zero-order valence-corrected chi connectivity index (χ0v) is 9.57. The molecule has 1 aliphatic heterocycles. The lowest BCUT2D eigenvalue weighted by Gasteiger charge is -2.30. The van der Waals surface area contributed by atoms with Crippen LogP contribution >= 0.6 is 15.9 Å². The first-order valence-electron chi connectivity index (χ1n) is 4.68. The highest BCUT2D eigenvalue weighted by atomic mass is 79.9. The lowest BCUT2D eigenvalue weighted by atomic mass is 10.2. The number of nitrogens with one attached hydrogen (secondary N) is 1. The van der Waals surface area contributed by atoms with Crippen LogP contribution in [0, 0.1) is 0 Å². The highest BCUT2D eigenvalue weighted by molar-refractivity contribution is 9.10. The third-order valence-corrected chi connectivity index (χ3v) is 2.83. The van der Waals surface area contributed by atoms with Gasteiger partial charge >= 0.3 is 6.03 Å². The number of halogens is 1. The van der Waals surface area contributed by atoms with Crippen LogP contribution in [-0.2, 0) is 0 Å². The number of aliphatic hydroxyl groups excluding tert-OH is 1. The Labute approximate surface area is 96.0 Å². The van der Waals surface area contributed by atoms with Crippen molar-refractivity contribution in [3.8, 4) is 0 Å². The second kappa shape index (κ2) is 4.20. The van der Waals surface area contributed by atoms with E-state index in [-0.39, 0.29) is 6.03 Å². The van der Waals surface area contributed by atoms with Gasteiger partial charge in [-0.25, -0.2) is 4.79 Å². The molecule has 2 amide bonds. The van der Waals surface area contributed by atoms with Gasteiger partial charge in [-0.2, -0.15) is 0 Å². The maximum absolute atomic E-state index is 11.5. The number of benzene rings is 1. The molecule has 1 aromatic rings. The van der Waals surface area contributed by atoms with E-state index in [9.17, 15) is 9.90 Å². The summed E-state index contributed by atoms with van der Waals surface area (Å²) in [5.41, 5.74) is 0.836. The van der Waals surface area contributed by atoms with Gasteiger partial charge in [0.05, 0.1) is 0 Å². The molecule has 1 aliphatic rings. The molecule has 4 nitrogen and oxygen atoms in total. The van der Waals surface area contributed by atoms with Crippen molar-refractivity contribution in [1.29, 1.82) is 0 Å². The topological polar surface area (TPSA) is 52.6 Å². The van der Waals surface area contributed by atoms with Crippen molar-refractivity contribution in [2.75, 3.05) is 11.4 Å². The molecule has 0 radical (unpaired) electrons. The monoisotopic (exact) mass is 270 g/mol. The third-order valence-electron chi connectivity index (χ3n) is 2.30. The molecule has 2 rings (SSSR count). The summed E-state index contributed by atoms with van der Waals surface area (Å²) < 4.78 is 0.976. The van der Waals surface area contributed by atoms with E-state index in [1.807, 2.05) is 24.3 Å². The maximum Gasteiger partial charge on any atom is 0.323 e. The Morgan fingerprint density at radius 2 is 2.07 bits per heavy atom. The Morgan fingerprint density at radius 3 is 2.67 bits per heavy atom. The van der Waals surface area contributed by atoms with Gasteiger partial charge < -0.3 is 10.4 Å². The summed E-state index contributed by atoms with van der Waals surface area (Å²) in [6, 6.07) is 7.24. The number of amides is 2. The van der Waals surface area contributed by atoms with Gasteiger partial charge in [-0.15, -0.1) is 0 Å². The van der Waals surface area contributed by atoms with Gasteiger partial charge in [0, 0.05) is 23.1 Å². The SMILES string of the molecule is O=C1NC(O)CCN1c1ccc(Br)cc1. The number of hydrogen-bond acceptors (Lipinski definition) is 2. The van der Waals surface area contributed by atoms with Crippen LogP contribution in [0.4, 0.5) is 10.5 Å². The Morgan fingerprint density at radius 1 is 1.40 bits per heavy atom. The fourth-order valence-electron chi connectivity index (χ4n) is 1.51. The number of aliphatic hydroxyl groups is 1. The normalized spacial score (nSPS) is 21.3. The molecule has 1 fully saturated rings. The van der Waals surface area contributed by atoms with E-state index in [2.05, 4.69) is 21.2 Å². The Kier molecular flexibility index (Phi) is 2.93. The van der Waals surface area contributed by atoms with Gasteiger partial charge in [0.2, 0.25) is 0 Å². The average Bonchev–Trinajstić information content (AvgIpc) is 2.20. The molecule has 1 unspecified atom stereocenters. The highest BCUT2D eigenvalue weighted by Crippen LogP contribution is 2.20. The summed E-state index contributed by atoms with van der Waals surface area (Å²) in [4.78, 5) is 13.1. The van der Waals surface area contributed by atoms with Crippen molar-refractivity contribution in [1.82, 2.24) is 5.32 Å². The number of urea groups is 1. The van der Waals surface area contributed by atoms with Crippen molar-refractivity contribution >= 4 is 27.6 Å². The lowest BCUT2D eigenvalue weighted by molar-refractivity contribution is 0.125. The molecule has 0 aliphatic carbocycles. The van der Waals surface area contributed by atoms with Crippen LogP contribution in [0.5, 0.6) is 0 Å². The van der Waals surface area contributed by atoms with Crippen LogP contribution < -0.4 is 10.2 Å². The largest absolute Gasteiger partial charge is 0.374 e. The molecular formula is C10H11BrN2O2. The van der Waals surface area contributed by atoms with Crippen molar-refractivity contribution in [3.05, 3.63) is 28.7 Å². The zero-order chi connectivity index (χ0) is 10.8. The van der Waals surface area contributed by atoms with E-state index >= 15 is 0 Å². The second-order valence-corrected chi connectivity index (χ2v) is 4.30. The molecule has 5 heteroatoms. The molecule has 0 saturated carbocycles. The summed E-state index contributed by atoms with van der Waals surface area (Å²) in [6.07, 6.45) is -0.175. The van der Waals surface area contributed by atoms with E-state index in [1.165, 1.54) is 0 Å². The van der Waals surface area contributed by atoms with Crippen molar-refractivity contribution in [2.24, 2.45) is 0 Å². The van der Waals surface area contributed by atoms with Gasteiger partial charge in [-0.1, -0.05) is 15.9 Å². The van der Waals surface area contributed by atoms with E-state index < -0.39 is 6.23 Å². The highest BCUT2D eigenvalue weighted by Gasteiger charge is 2.23. The molecule has 1 saturated heterocycles. The lowest BCUT2D eigenvalue weighted by Crippen LogP contribution is -2.51. The van der Waals surface area contributed by atoms with Crippen LogP contribution in [0.15, 0.2) is 28.7 Å². The van der Waals surface area contributed by atoms with Crippen molar-refractivity contribution in [3.63, 3.8) is 0 Å². The number of carbonyl (C=O) groups is 1. The average molecular weight is 271 g/mol. The Hall–Kier alpha value is -1.07. The molecule has 1 atom stereocenters. The van der Waals surface area contributed by atoms with Crippen LogP contribution in [0.2, 0.25) is 0 Å². The molecule has 2 N–H and O–H groups in total. The van der Waals surface area contributed by atoms with Gasteiger partial charge in [0.25, 0.3) is 0 Å². The number of rotatable bonds is 1. The first-order chi connectivity index (χ1) is 7.16. The molecule has 80 valence electrons. The quantitative estimate of drug-likeness (QED) is 0.816. The van der Waals surface area contributed by atoms with Crippen LogP contribution in [0.25, 0.3) is 0 Å². The van der Waals surface area contributed by atoms with E-state index in [0.717, 1.165) is 10.2 Å². The summed E-state index contributed by atoms with van der Waals surface area (Å²) in [5.74, 6) is 0. The minimum Gasteiger partial charge on any atom is -0.374 e. The molecule has 1 aromatic carbocycles. The molecule has 0 aromatic heterocycles. The first kappa shape index (κ1) is 10.4. The van der Waals surface area contributed by atoms with Crippen LogP contribution in [-0.4, -0.2) is 23.9 Å². The number of carbonyl (C=O) groups excluding carboxylic acids is 1. The van der Waals surface area contributed by atoms with Crippen LogP contribution in [0.3, 0.4) is 0 Å². The Balaban J connectivity index is 2.17. The molecule has 15 heavy (non-hydrogen) atoms. The minimum atomic E-state index is -0.718. The summed E-state index contributed by atoms with van der Waals surface area (Å²) in [7, 11) is 0. The number of nitrogens with zero attached hydrogens (tertiary/aromatic N) is 1. The van der Waals surface area contributed by atoms with E-state index in [4.69, 9.17) is 0 Å². The number of hydrogen-bond donors (Lipinski definition) is 2. The molecule has 0 bridgehead atoms. The van der Waals surface area contributed by atoms with Crippen molar-refractivity contribution < 1.29 is 9.90 Å². The zero-order valence-electron chi connectivity index (χ0n) is 7.98. The van der Waals surface area contributed by atoms with E-state index in [1.54, 1.807) is 4.90 Å². The predicted molar refractivity (Wildman–Crippen MR) is 60.6 cm³/mol. The van der Waals surface area contributed by atoms with Crippen molar-refractivity contribution in [2.45, 2.75) is 12.6 Å². The third kappa shape index (κ3) is 2.30. The standard InChI is InChI=1S/C10H11BrN2O2/c11-7-1-3-8(4-2-7)13-6-5-9(14)12-10(13)15/h1-4,9,14H,5-6H2,(H,12,15). The summed E-state index contributed by atoms with van der Waals surface area (Å²) in [5, 5.41) is 11.7. The smallest absolute Gasteiger partial charge is 0.323 e. The second-order valence-electron chi connectivity index (χ2n) is 3.38. The number of anilines is 1. The molecule has 0 spiro atoms. The van der Waals surface area contributed by atoms with E-state index in [0.29, 0.717) is 13.0 Å². The maximum atomic E-state index is 11.5. The molecular weight excluding hydrogens is 260 g/mol. The summed E-state index contributed by atoms with van der Waals surface area (Å²) in [6.45, 7) is 0.536. The van der Waals surface area contributed by atoms with Gasteiger partial charge in [-0.3, -0.25) is 4.90 Å². The van der Waals surface area contributed by atoms with Gasteiger partial charge in [0.15, 0.2) is 0 Å². The fraction of sp³-hybridized carbons (Fsp3) is 0.300. The minimum absolute atomic E-state index is 0.254. The van der Waals surface area contributed by atoms with Gasteiger partial charge in [-0.05, 0) is 24.3 Å². The summed E-state index contributed by atoms with van der Waals surface area (Å²) >= 11 is 3.34. The first-order valence-corrected chi connectivity index (χ1v) is 5.48.